The first kappa shape index (κ1) is 26.2. The van der Waals surface area contributed by atoms with Gasteiger partial charge in [-0.25, -0.2) is 9.97 Å². The molecule has 0 atom stereocenters. The number of halogens is 7. The molecule has 2 N–H and O–H groups in total. The molecule has 0 aliphatic rings. The molecule has 0 aliphatic carbocycles. The van der Waals surface area contributed by atoms with Gasteiger partial charge in [-0.05, 0) is 6.07 Å². The maximum Gasteiger partial charge on any atom is 0.434 e. The molecule has 2 aromatic heterocycles. The van der Waals surface area contributed by atoms with E-state index in [2.05, 4.69) is 25.6 Å². The van der Waals surface area contributed by atoms with Crippen LogP contribution in [0.3, 0.4) is 0 Å². The molecule has 0 radical (unpaired) electrons. The number of aromatic nitrogens is 2. The Kier molecular flexibility index (Phi) is 10.1. The summed E-state index contributed by atoms with van der Waals surface area (Å²) in [6.07, 6.45) is -7.41. The van der Waals surface area contributed by atoms with Gasteiger partial charge in [-0.1, -0.05) is 6.07 Å². The van der Waals surface area contributed by atoms with Crippen LogP contribution in [0.5, 0.6) is 5.88 Å². The summed E-state index contributed by atoms with van der Waals surface area (Å²) in [5.74, 6) is 0.151. The summed E-state index contributed by atoms with van der Waals surface area (Å²) in [6, 6.07) is 3.10. The number of hydrogen-bond acceptors (Lipinski definition) is 5. The number of pyridine rings is 1. The number of guanidine groups is 1. The quantitative estimate of drug-likeness (QED) is 0.228. The van der Waals surface area contributed by atoms with Crippen molar-refractivity contribution >= 4 is 41.3 Å². The molecule has 0 aliphatic heterocycles. The van der Waals surface area contributed by atoms with E-state index in [1.807, 2.05) is 0 Å². The van der Waals surface area contributed by atoms with Crippen molar-refractivity contribution in [1.82, 2.24) is 20.6 Å². The number of aliphatic imine (C=N–C) groups is 1. The lowest BCUT2D eigenvalue weighted by molar-refractivity contribution is -0.154. The summed E-state index contributed by atoms with van der Waals surface area (Å²) in [7, 11) is 1.48. The first-order valence-electron chi connectivity index (χ1n) is 8.18. The van der Waals surface area contributed by atoms with Gasteiger partial charge in [-0.15, -0.1) is 35.3 Å². The number of thiazole rings is 1. The summed E-state index contributed by atoms with van der Waals surface area (Å²) in [6.45, 7) is -1.12. The fraction of sp³-hybridized carbons (Fsp3) is 0.438. The molecule has 30 heavy (non-hydrogen) atoms. The Morgan fingerprint density at radius 2 is 1.93 bits per heavy atom. The van der Waals surface area contributed by atoms with E-state index in [0.29, 0.717) is 16.5 Å². The predicted octanol–water partition coefficient (Wildman–Crippen LogP) is 4.02. The first-order chi connectivity index (χ1) is 13.6. The van der Waals surface area contributed by atoms with E-state index in [1.54, 1.807) is 12.1 Å². The van der Waals surface area contributed by atoms with E-state index in [-0.39, 0.29) is 49.4 Å². The summed E-state index contributed by atoms with van der Waals surface area (Å²) in [5.41, 5.74) is -0.544. The van der Waals surface area contributed by atoms with E-state index in [0.717, 1.165) is 16.7 Å². The molecule has 2 aromatic rings. The van der Waals surface area contributed by atoms with Crippen LogP contribution >= 0.6 is 35.3 Å². The van der Waals surface area contributed by atoms with Crippen molar-refractivity contribution in [2.45, 2.75) is 25.3 Å². The molecule has 0 amide bonds. The van der Waals surface area contributed by atoms with Gasteiger partial charge in [0, 0.05) is 43.7 Å². The minimum absolute atomic E-state index is 0. The van der Waals surface area contributed by atoms with Crippen molar-refractivity contribution in [3.8, 4) is 5.88 Å². The van der Waals surface area contributed by atoms with Gasteiger partial charge < -0.3 is 15.4 Å². The number of nitrogens with one attached hydrogen (secondary N) is 2. The van der Waals surface area contributed by atoms with Gasteiger partial charge in [0.2, 0.25) is 5.88 Å². The molecule has 0 spiro atoms. The van der Waals surface area contributed by atoms with E-state index in [1.165, 1.54) is 13.2 Å². The van der Waals surface area contributed by atoms with Gasteiger partial charge in [-0.3, -0.25) is 4.99 Å². The Balaban J connectivity index is 0.00000450. The van der Waals surface area contributed by atoms with Crippen LogP contribution in [0.25, 0.3) is 0 Å². The largest absolute Gasteiger partial charge is 0.468 e. The van der Waals surface area contributed by atoms with Gasteiger partial charge in [0.1, 0.15) is 0 Å². The SMILES string of the molecule is CN=C(NCCc1nc(C(F)(F)F)cs1)NCc1cccnc1OCC(F)(F)F.I. The second-order valence-electron chi connectivity index (χ2n) is 5.60. The predicted molar refractivity (Wildman–Crippen MR) is 110 cm³/mol. The molecular weight excluding hydrogens is 551 g/mol. The Labute approximate surface area is 189 Å². The molecule has 14 heteroatoms. The molecule has 2 heterocycles. The number of rotatable bonds is 7. The number of nitrogens with zero attached hydrogens (tertiary/aromatic N) is 3. The highest BCUT2D eigenvalue weighted by molar-refractivity contribution is 14.0. The van der Waals surface area contributed by atoms with Crippen molar-refractivity contribution in [3.63, 3.8) is 0 Å². The van der Waals surface area contributed by atoms with E-state index >= 15 is 0 Å². The highest BCUT2D eigenvalue weighted by Crippen LogP contribution is 2.30. The summed E-state index contributed by atoms with van der Waals surface area (Å²) < 4.78 is 79.3. The monoisotopic (exact) mass is 569 g/mol. The van der Waals surface area contributed by atoms with Crippen molar-refractivity contribution in [2.24, 2.45) is 4.99 Å². The topological polar surface area (TPSA) is 71.4 Å². The van der Waals surface area contributed by atoms with Crippen molar-refractivity contribution in [2.75, 3.05) is 20.2 Å². The highest BCUT2D eigenvalue weighted by Gasteiger charge is 2.33. The second-order valence-corrected chi connectivity index (χ2v) is 6.54. The summed E-state index contributed by atoms with van der Waals surface area (Å²) in [4.78, 5) is 11.3. The Morgan fingerprint density at radius 3 is 2.53 bits per heavy atom. The zero-order chi connectivity index (χ0) is 21.5. The molecule has 6 nitrogen and oxygen atoms in total. The molecule has 0 saturated carbocycles. The van der Waals surface area contributed by atoms with Crippen LogP contribution in [0.4, 0.5) is 26.3 Å². The summed E-state index contributed by atoms with van der Waals surface area (Å²) >= 11 is 0.907. The lowest BCUT2D eigenvalue weighted by atomic mass is 10.2. The maximum absolute atomic E-state index is 12.5. The third-order valence-electron chi connectivity index (χ3n) is 3.37. The minimum atomic E-state index is -4.48. The van der Waals surface area contributed by atoms with E-state index in [4.69, 9.17) is 4.74 Å². The van der Waals surface area contributed by atoms with Crippen LogP contribution in [0.2, 0.25) is 0 Å². The molecule has 2 rings (SSSR count). The number of ether oxygens (including phenoxy) is 1. The van der Waals surface area contributed by atoms with Gasteiger partial charge in [-0.2, -0.15) is 26.3 Å². The molecule has 0 saturated heterocycles. The third-order valence-corrected chi connectivity index (χ3v) is 4.27. The van der Waals surface area contributed by atoms with Crippen molar-refractivity contribution in [1.29, 1.82) is 0 Å². The average Bonchev–Trinajstić information content (AvgIpc) is 3.12. The van der Waals surface area contributed by atoms with Gasteiger partial charge in [0.05, 0.1) is 5.01 Å². The second kappa shape index (κ2) is 11.5. The highest BCUT2D eigenvalue weighted by atomic mass is 127. The van der Waals surface area contributed by atoms with Gasteiger partial charge in [0.25, 0.3) is 0 Å². The van der Waals surface area contributed by atoms with Crippen LogP contribution in [0.15, 0.2) is 28.7 Å². The van der Waals surface area contributed by atoms with Crippen LogP contribution in [0.1, 0.15) is 16.3 Å². The third kappa shape index (κ3) is 8.89. The van der Waals surface area contributed by atoms with Crippen LogP contribution < -0.4 is 15.4 Å². The van der Waals surface area contributed by atoms with Gasteiger partial charge in [0.15, 0.2) is 18.3 Å². The Bertz CT molecular complexity index is 827. The molecule has 0 fully saturated rings. The standard InChI is InChI=1S/C16H17F6N5OS.HI/c1-23-14(25-6-4-12-27-11(8-29-12)16(20,21)22)26-7-10-3-2-5-24-13(10)28-9-15(17,18)19;/h2-3,5,8H,4,6-7,9H2,1H3,(H2,23,25,26);1H. The van der Waals surface area contributed by atoms with Crippen LogP contribution in [-0.4, -0.2) is 42.3 Å². The molecule has 0 bridgehead atoms. The molecule has 0 unspecified atom stereocenters. The van der Waals surface area contributed by atoms with E-state index in [9.17, 15) is 26.3 Å². The Hall–Kier alpha value is -1.84. The number of alkyl halides is 6. The van der Waals surface area contributed by atoms with Crippen LogP contribution in [-0.2, 0) is 19.1 Å². The minimum Gasteiger partial charge on any atom is -0.468 e. The lowest BCUT2D eigenvalue weighted by Gasteiger charge is -2.14. The summed E-state index contributed by atoms with van der Waals surface area (Å²) in [5, 5.41) is 7.04. The van der Waals surface area contributed by atoms with E-state index < -0.39 is 24.7 Å². The molecule has 0 aromatic carbocycles. The first-order valence-corrected chi connectivity index (χ1v) is 9.06. The number of hydrogen-bond donors (Lipinski definition) is 2. The zero-order valence-corrected chi connectivity index (χ0v) is 18.6. The fourth-order valence-corrected chi connectivity index (χ4v) is 2.89. The fourth-order valence-electron chi connectivity index (χ4n) is 2.08. The van der Waals surface area contributed by atoms with Crippen molar-refractivity contribution in [3.05, 3.63) is 40.0 Å². The van der Waals surface area contributed by atoms with Crippen LogP contribution in [0, 0.1) is 0 Å². The molecular formula is C16H18F6IN5OS. The molecule has 168 valence electrons. The lowest BCUT2D eigenvalue weighted by Crippen LogP contribution is -2.38. The Morgan fingerprint density at radius 1 is 1.20 bits per heavy atom. The normalized spacial score (nSPS) is 12.3. The maximum atomic E-state index is 12.5. The zero-order valence-electron chi connectivity index (χ0n) is 15.5. The average molecular weight is 569 g/mol. The van der Waals surface area contributed by atoms with Gasteiger partial charge >= 0.3 is 12.4 Å². The van der Waals surface area contributed by atoms with Crippen molar-refractivity contribution < 1.29 is 31.1 Å². The smallest absolute Gasteiger partial charge is 0.434 e.